The molecule has 15 heavy (non-hydrogen) atoms. The number of hydrogen-bond donors (Lipinski definition) is 2. The molecular formula is C10H20N2O3. The molecule has 0 aliphatic carbocycles. The van der Waals surface area contributed by atoms with Crippen LogP contribution >= 0.6 is 0 Å². The number of nitrogens with zero attached hydrogens (tertiary/aromatic N) is 1. The molecule has 88 valence electrons. The number of rotatable bonds is 5. The quantitative estimate of drug-likeness (QED) is 0.692. The number of likely N-dealkylation sites (N-methyl/N-ethyl adjacent to an activating group) is 1. The molecule has 0 rings (SSSR count). The average Bonchev–Trinajstić information content (AvgIpc) is 2.24. The third-order valence-corrected chi connectivity index (χ3v) is 3.25. The number of carboxylic acid groups (broad SMARTS) is 1. The van der Waals surface area contributed by atoms with E-state index in [0.717, 1.165) is 0 Å². The second kappa shape index (κ2) is 5.11. The van der Waals surface area contributed by atoms with Crippen molar-refractivity contribution in [1.29, 1.82) is 0 Å². The number of carbonyl (C=O) groups excluding carboxylic acids is 1. The zero-order valence-electron chi connectivity index (χ0n) is 9.78. The first-order valence-corrected chi connectivity index (χ1v) is 5.02. The van der Waals surface area contributed by atoms with Crippen LogP contribution in [0.25, 0.3) is 0 Å². The van der Waals surface area contributed by atoms with Gasteiger partial charge in [0.15, 0.2) is 0 Å². The fourth-order valence-corrected chi connectivity index (χ4v) is 1.48. The van der Waals surface area contributed by atoms with E-state index in [-0.39, 0.29) is 18.4 Å². The summed E-state index contributed by atoms with van der Waals surface area (Å²) in [5.74, 6) is -1.49. The molecule has 0 heterocycles. The summed E-state index contributed by atoms with van der Waals surface area (Å²) in [5.41, 5.74) is 4.04. The summed E-state index contributed by atoms with van der Waals surface area (Å²) in [6, 6.07) is 0. The van der Waals surface area contributed by atoms with Gasteiger partial charge >= 0.3 is 5.97 Å². The van der Waals surface area contributed by atoms with E-state index in [9.17, 15) is 14.7 Å². The highest BCUT2D eigenvalue weighted by Gasteiger charge is 2.43. The number of carboxylic acids is 1. The molecule has 3 N–H and O–H groups in total. The molecule has 0 spiro atoms. The normalized spacial score (nSPS) is 16.6. The van der Waals surface area contributed by atoms with Crippen LogP contribution in [0.1, 0.15) is 27.2 Å². The molecule has 0 saturated heterocycles. The number of amides is 1. The summed E-state index contributed by atoms with van der Waals surface area (Å²) in [4.78, 5) is 23.9. The Kier molecular flexibility index (Phi) is 4.74. The van der Waals surface area contributed by atoms with E-state index in [0.29, 0.717) is 6.42 Å². The topological polar surface area (TPSA) is 83.6 Å². The summed E-state index contributed by atoms with van der Waals surface area (Å²) in [6.45, 7) is 5.09. The summed E-state index contributed by atoms with van der Waals surface area (Å²) >= 11 is 0. The van der Waals surface area contributed by atoms with Gasteiger partial charge in [-0.25, -0.2) is 4.79 Å². The molecule has 5 heteroatoms. The van der Waals surface area contributed by atoms with Crippen molar-refractivity contribution in [3.63, 3.8) is 0 Å². The highest BCUT2D eigenvalue weighted by atomic mass is 16.4. The van der Waals surface area contributed by atoms with Crippen LogP contribution in [-0.4, -0.2) is 41.0 Å². The van der Waals surface area contributed by atoms with E-state index in [2.05, 4.69) is 0 Å². The fourth-order valence-electron chi connectivity index (χ4n) is 1.48. The van der Waals surface area contributed by atoms with Gasteiger partial charge < -0.3 is 15.7 Å². The zero-order valence-corrected chi connectivity index (χ0v) is 9.78. The van der Waals surface area contributed by atoms with Gasteiger partial charge in [0, 0.05) is 7.05 Å². The van der Waals surface area contributed by atoms with Crippen molar-refractivity contribution in [1.82, 2.24) is 4.90 Å². The van der Waals surface area contributed by atoms with Crippen molar-refractivity contribution in [3.05, 3.63) is 0 Å². The molecule has 0 aliphatic rings. The van der Waals surface area contributed by atoms with E-state index < -0.39 is 11.5 Å². The van der Waals surface area contributed by atoms with Crippen LogP contribution in [0.3, 0.4) is 0 Å². The van der Waals surface area contributed by atoms with Crippen molar-refractivity contribution in [3.8, 4) is 0 Å². The van der Waals surface area contributed by atoms with Crippen molar-refractivity contribution in [2.45, 2.75) is 32.7 Å². The van der Waals surface area contributed by atoms with Crippen molar-refractivity contribution < 1.29 is 14.7 Å². The van der Waals surface area contributed by atoms with Crippen molar-refractivity contribution in [2.75, 3.05) is 13.6 Å². The standard InChI is InChI=1S/C10H20N2O3/c1-5-7(2)10(3,9(14)15)12(4)8(13)6-11/h7H,5-6,11H2,1-4H3,(H,14,15)/t7-,10-/m0/s1. The lowest BCUT2D eigenvalue weighted by molar-refractivity contribution is -0.159. The predicted molar refractivity (Wildman–Crippen MR) is 57.3 cm³/mol. The summed E-state index contributed by atoms with van der Waals surface area (Å²) in [6.07, 6.45) is 0.686. The van der Waals surface area contributed by atoms with E-state index >= 15 is 0 Å². The summed E-state index contributed by atoms with van der Waals surface area (Å²) in [7, 11) is 1.48. The minimum absolute atomic E-state index is 0.129. The monoisotopic (exact) mass is 216 g/mol. The third kappa shape index (κ3) is 2.47. The van der Waals surface area contributed by atoms with E-state index in [1.165, 1.54) is 11.9 Å². The molecule has 0 fully saturated rings. The number of nitrogens with two attached hydrogens (primary N) is 1. The second-order valence-corrected chi connectivity index (χ2v) is 3.92. The van der Waals surface area contributed by atoms with Gasteiger partial charge in [0.1, 0.15) is 5.54 Å². The molecule has 2 atom stereocenters. The van der Waals surface area contributed by atoms with Gasteiger partial charge in [0.05, 0.1) is 6.54 Å². The Balaban J connectivity index is 5.11. The molecular weight excluding hydrogens is 196 g/mol. The Morgan fingerprint density at radius 1 is 1.53 bits per heavy atom. The van der Waals surface area contributed by atoms with Crippen molar-refractivity contribution >= 4 is 11.9 Å². The van der Waals surface area contributed by atoms with Gasteiger partial charge in [0.25, 0.3) is 0 Å². The first-order valence-electron chi connectivity index (χ1n) is 5.02. The van der Waals surface area contributed by atoms with Gasteiger partial charge in [-0.1, -0.05) is 20.3 Å². The third-order valence-electron chi connectivity index (χ3n) is 3.25. The van der Waals surface area contributed by atoms with E-state index in [1.807, 2.05) is 13.8 Å². The molecule has 0 aromatic rings. The maximum Gasteiger partial charge on any atom is 0.329 e. The van der Waals surface area contributed by atoms with E-state index in [4.69, 9.17) is 5.73 Å². The van der Waals surface area contributed by atoms with Gasteiger partial charge in [-0.15, -0.1) is 0 Å². The zero-order chi connectivity index (χ0) is 12.2. The first kappa shape index (κ1) is 13.9. The summed E-state index contributed by atoms with van der Waals surface area (Å²) in [5, 5.41) is 9.21. The SMILES string of the molecule is CC[C@H](C)[C@@](C)(C(=O)O)N(C)C(=O)CN. The minimum Gasteiger partial charge on any atom is -0.479 e. The van der Waals surface area contributed by atoms with Crippen molar-refractivity contribution in [2.24, 2.45) is 11.7 Å². The average molecular weight is 216 g/mol. The van der Waals surface area contributed by atoms with Gasteiger partial charge in [-0.3, -0.25) is 4.79 Å². The Morgan fingerprint density at radius 3 is 2.27 bits per heavy atom. The Hall–Kier alpha value is -1.10. The molecule has 0 aromatic heterocycles. The molecule has 0 aromatic carbocycles. The maximum absolute atomic E-state index is 11.4. The predicted octanol–water partition coefficient (Wildman–Crippen LogP) is 0.293. The highest BCUT2D eigenvalue weighted by molar-refractivity contribution is 5.87. The van der Waals surface area contributed by atoms with Crippen LogP contribution in [0.5, 0.6) is 0 Å². The molecule has 0 unspecified atom stereocenters. The van der Waals surface area contributed by atoms with Gasteiger partial charge in [0.2, 0.25) is 5.91 Å². The van der Waals surface area contributed by atoms with Crippen LogP contribution in [0.4, 0.5) is 0 Å². The largest absolute Gasteiger partial charge is 0.479 e. The molecule has 0 saturated carbocycles. The molecule has 0 radical (unpaired) electrons. The molecule has 5 nitrogen and oxygen atoms in total. The van der Waals surface area contributed by atoms with E-state index in [1.54, 1.807) is 6.92 Å². The fraction of sp³-hybridized carbons (Fsp3) is 0.800. The lowest BCUT2D eigenvalue weighted by Crippen LogP contribution is -2.58. The summed E-state index contributed by atoms with van der Waals surface area (Å²) < 4.78 is 0. The Bertz CT molecular complexity index is 255. The van der Waals surface area contributed by atoms with Gasteiger partial charge in [-0.05, 0) is 12.8 Å². The minimum atomic E-state index is -1.19. The van der Waals surface area contributed by atoms with Gasteiger partial charge in [-0.2, -0.15) is 0 Å². The van der Waals surface area contributed by atoms with Crippen LogP contribution in [-0.2, 0) is 9.59 Å². The van der Waals surface area contributed by atoms with Crippen LogP contribution in [0, 0.1) is 5.92 Å². The molecule has 1 amide bonds. The highest BCUT2D eigenvalue weighted by Crippen LogP contribution is 2.26. The Labute approximate surface area is 90.2 Å². The molecule has 0 aliphatic heterocycles. The lowest BCUT2D eigenvalue weighted by atomic mass is 9.83. The van der Waals surface area contributed by atoms with Crippen LogP contribution < -0.4 is 5.73 Å². The number of hydrogen-bond acceptors (Lipinski definition) is 3. The second-order valence-electron chi connectivity index (χ2n) is 3.92. The maximum atomic E-state index is 11.4. The number of carbonyl (C=O) groups is 2. The van der Waals surface area contributed by atoms with Crippen LogP contribution in [0.2, 0.25) is 0 Å². The lowest BCUT2D eigenvalue weighted by Gasteiger charge is -2.39. The number of aliphatic carboxylic acids is 1. The molecule has 0 bridgehead atoms. The smallest absolute Gasteiger partial charge is 0.329 e. The van der Waals surface area contributed by atoms with Crippen LogP contribution in [0.15, 0.2) is 0 Å². The Morgan fingerprint density at radius 2 is 2.00 bits per heavy atom. The first-order chi connectivity index (χ1) is 6.82.